The van der Waals surface area contributed by atoms with Gasteiger partial charge in [-0.05, 0) is 29.0 Å². The second kappa shape index (κ2) is 9.36. The molecule has 150 valence electrons. The molecule has 29 heavy (non-hydrogen) atoms. The van der Waals surface area contributed by atoms with Crippen molar-refractivity contribution in [1.82, 2.24) is 4.90 Å². The molecule has 1 aliphatic heterocycles. The Morgan fingerprint density at radius 2 is 1.34 bits per heavy atom. The highest BCUT2D eigenvalue weighted by Crippen LogP contribution is 2.39. The molecule has 3 unspecified atom stereocenters. The fourth-order valence-corrected chi connectivity index (χ4v) is 4.84. The van der Waals surface area contributed by atoms with Gasteiger partial charge in [-0.1, -0.05) is 91.0 Å². The van der Waals surface area contributed by atoms with Crippen molar-refractivity contribution in [3.63, 3.8) is 0 Å². The summed E-state index contributed by atoms with van der Waals surface area (Å²) in [6, 6.07) is 32.2. The van der Waals surface area contributed by atoms with Gasteiger partial charge in [0, 0.05) is 37.7 Å². The quantitative estimate of drug-likeness (QED) is 0.645. The van der Waals surface area contributed by atoms with E-state index >= 15 is 0 Å². The van der Waals surface area contributed by atoms with Crippen LogP contribution in [0.1, 0.15) is 29.0 Å². The fourth-order valence-electron chi connectivity index (χ4n) is 4.84. The van der Waals surface area contributed by atoms with Gasteiger partial charge in [0.1, 0.15) is 0 Å². The molecule has 0 aliphatic carbocycles. The standard InChI is InChI=1S/C26H30N2O/c27-25-23(16-17-29)19-28(18-20-10-4-1-5-11-20)26(25)24(21-12-6-2-7-13-21)22-14-8-3-9-15-22/h1-15,23-26,29H,16-19,27H2. The van der Waals surface area contributed by atoms with E-state index in [4.69, 9.17) is 5.73 Å². The first kappa shape index (κ1) is 19.8. The van der Waals surface area contributed by atoms with Crippen LogP contribution in [0.3, 0.4) is 0 Å². The lowest BCUT2D eigenvalue weighted by Gasteiger charge is -2.35. The van der Waals surface area contributed by atoms with Crippen LogP contribution in [0.5, 0.6) is 0 Å². The highest BCUT2D eigenvalue weighted by atomic mass is 16.3. The van der Waals surface area contributed by atoms with E-state index in [0.29, 0.717) is 5.92 Å². The van der Waals surface area contributed by atoms with Gasteiger partial charge in [-0.25, -0.2) is 0 Å². The molecule has 3 aromatic carbocycles. The molecule has 0 amide bonds. The zero-order valence-electron chi connectivity index (χ0n) is 16.8. The Morgan fingerprint density at radius 1 is 0.828 bits per heavy atom. The molecule has 3 heteroatoms. The summed E-state index contributed by atoms with van der Waals surface area (Å²) in [6.07, 6.45) is 0.749. The lowest BCUT2D eigenvalue weighted by atomic mass is 9.80. The lowest BCUT2D eigenvalue weighted by molar-refractivity contribution is 0.215. The summed E-state index contributed by atoms with van der Waals surface area (Å²) in [6.45, 7) is 1.97. The second-order valence-electron chi connectivity index (χ2n) is 8.05. The maximum Gasteiger partial charge on any atom is 0.0434 e. The molecule has 1 aliphatic rings. The summed E-state index contributed by atoms with van der Waals surface area (Å²) in [5.41, 5.74) is 10.8. The minimum atomic E-state index is 0.0104. The molecule has 1 saturated heterocycles. The predicted molar refractivity (Wildman–Crippen MR) is 119 cm³/mol. The molecule has 0 aromatic heterocycles. The Morgan fingerprint density at radius 3 is 1.86 bits per heavy atom. The summed E-state index contributed by atoms with van der Waals surface area (Å²) in [7, 11) is 0. The van der Waals surface area contributed by atoms with Crippen LogP contribution in [-0.2, 0) is 6.54 Å². The van der Waals surface area contributed by atoms with E-state index in [0.717, 1.165) is 19.5 Å². The fraction of sp³-hybridized carbons (Fsp3) is 0.308. The number of rotatable bonds is 7. The number of hydrogen-bond acceptors (Lipinski definition) is 3. The molecule has 3 nitrogen and oxygen atoms in total. The van der Waals surface area contributed by atoms with E-state index in [9.17, 15) is 5.11 Å². The molecule has 0 bridgehead atoms. The molecule has 3 N–H and O–H groups in total. The SMILES string of the molecule is NC1C(CCO)CN(Cc2ccccc2)C1C(c1ccccc1)c1ccccc1. The first-order valence-electron chi connectivity index (χ1n) is 10.5. The highest BCUT2D eigenvalue weighted by molar-refractivity contribution is 5.36. The number of nitrogens with zero attached hydrogens (tertiary/aromatic N) is 1. The maximum atomic E-state index is 9.61. The third-order valence-corrected chi connectivity index (χ3v) is 6.22. The molecule has 0 spiro atoms. The molecule has 3 aromatic rings. The minimum absolute atomic E-state index is 0.0104. The largest absolute Gasteiger partial charge is 0.396 e. The van der Waals surface area contributed by atoms with Crippen molar-refractivity contribution in [3.05, 3.63) is 108 Å². The van der Waals surface area contributed by atoms with Crippen molar-refractivity contribution in [2.75, 3.05) is 13.2 Å². The number of hydrogen-bond donors (Lipinski definition) is 2. The van der Waals surface area contributed by atoms with Crippen LogP contribution in [-0.4, -0.2) is 35.2 Å². The van der Waals surface area contributed by atoms with Crippen molar-refractivity contribution < 1.29 is 5.11 Å². The minimum Gasteiger partial charge on any atom is -0.396 e. The van der Waals surface area contributed by atoms with Gasteiger partial charge in [0.05, 0.1) is 0 Å². The van der Waals surface area contributed by atoms with Crippen LogP contribution in [0, 0.1) is 5.92 Å². The van der Waals surface area contributed by atoms with Gasteiger partial charge in [-0.15, -0.1) is 0 Å². The van der Waals surface area contributed by atoms with Gasteiger partial charge in [0.15, 0.2) is 0 Å². The van der Waals surface area contributed by atoms with E-state index in [-0.39, 0.29) is 24.6 Å². The number of benzene rings is 3. The van der Waals surface area contributed by atoms with Crippen molar-refractivity contribution in [2.24, 2.45) is 11.7 Å². The predicted octanol–water partition coefficient (Wildman–Crippen LogP) is 4.03. The number of aliphatic hydroxyl groups is 1. The summed E-state index contributed by atoms with van der Waals surface area (Å²) in [4.78, 5) is 2.53. The van der Waals surface area contributed by atoms with E-state index in [1.807, 2.05) is 0 Å². The smallest absolute Gasteiger partial charge is 0.0434 e. The van der Waals surface area contributed by atoms with Gasteiger partial charge in [0.2, 0.25) is 0 Å². The molecule has 0 radical (unpaired) electrons. The normalized spacial score (nSPS) is 22.2. The average molecular weight is 387 g/mol. The van der Waals surface area contributed by atoms with Gasteiger partial charge < -0.3 is 10.8 Å². The molecular formula is C26H30N2O. The highest BCUT2D eigenvalue weighted by Gasteiger charge is 2.44. The van der Waals surface area contributed by atoms with Crippen molar-refractivity contribution in [1.29, 1.82) is 0 Å². The zero-order chi connectivity index (χ0) is 20.1. The number of likely N-dealkylation sites (tertiary alicyclic amines) is 1. The maximum absolute atomic E-state index is 9.61. The molecule has 1 heterocycles. The lowest BCUT2D eigenvalue weighted by Crippen LogP contribution is -2.45. The monoisotopic (exact) mass is 386 g/mol. The molecule has 4 rings (SSSR count). The van der Waals surface area contributed by atoms with Crippen molar-refractivity contribution >= 4 is 0 Å². The molecule has 1 fully saturated rings. The first-order valence-corrected chi connectivity index (χ1v) is 10.5. The third kappa shape index (κ3) is 4.43. The zero-order valence-corrected chi connectivity index (χ0v) is 16.8. The van der Waals surface area contributed by atoms with Gasteiger partial charge in [-0.3, -0.25) is 4.90 Å². The van der Waals surface area contributed by atoms with Crippen LogP contribution >= 0.6 is 0 Å². The van der Waals surface area contributed by atoms with Gasteiger partial charge in [0.25, 0.3) is 0 Å². The van der Waals surface area contributed by atoms with E-state index in [2.05, 4.69) is 95.9 Å². The third-order valence-electron chi connectivity index (χ3n) is 6.22. The summed E-state index contributed by atoms with van der Waals surface area (Å²) in [5.74, 6) is 0.489. The van der Waals surface area contributed by atoms with E-state index in [1.165, 1.54) is 16.7 Å². The van der Waals surface area contributed by atoms with Crippen LogP contribution in [0.2, 0.25) is 0 Å². The van der Waals surface area contributed by atoms with Gasteiger partial charge >= 0.3 is 0 Å². The Bertz CT molecular complexity index is 829. The summed E-state index contributed by atoms with van der Waals surface area (Å²) >= 11 is 0. The number of aliphatic hydroxyl groups excluding tert-OH is 1. The summed E-state index contributed by atoms with van der Waals surface area (Å²) < 4.78 is 0. The summed E-state index contributed by atoms with van der Waals surface area (Å²) in [5, 5.41) is 9.61. The average Bonchev–Trinajstić information content (AvgIpc) is 3.06. The molecular weight excluding hydrogens is 356 g/mol. The van der Waals surface area contributed by atoms with Crippen LogP contribution in [0.4, 0.5) is 0 Å². The Kier molecular flexibility index (Phi) is 6.40. The van der Waals surface area contributed by atoms with Crippen molar-refractivity contribution in [2.45, 2.75) is 31.0 Å². The Labute approximate surface area is 173 Å². The second-order valence-corrected chi connectivity index (χ2v) is 8.05. The van der Waals surface area contributed by atoms with E-state index in [1.54, 1.807) is 0 Å². The number of nitrogens with two attached hydrogens (primary N) is 1. The molecule has 3 atom stereocenters. The van der Waals surface area contributed by atoms with Crippen LogP contribution in [0.25, 0.3) is 0 Å². The van der Waals surface area contributed by atoms with Crippen molar-refractivity contribution in [3.8, 4) is 0 Å². The molecule has 0 saturated carbocycles. The Balaban J connectivity index is 1.74. The van der Waals surface area contributed by atoms with Crippen LogP contribution in [0.15, 0.2) is 91.0 Å². The van der Waals surface area contributed by atoms with Crippen LogP contribution < -0.4 is 5.73 Å². The topological polar surface area (TPSA) is 49.5 Å². The Hall–Kier alpha value is -2.46. The van der Waals surface area contributed by atoms with Gasteiger partial charge in [-0.2, -0.15) is 0 Å². The first-order chi connectivity index (χ1) is 14.3. The van der Waals surface area contributed by atoms with E-state index < -0.39 is 0 Å².